The van der Waals surface area contributed by atoms with Crippen LogP contribution in [0.2, 0.25) is 0 Å². The van der Waals surface area contributed by atoms with Gasteiger partial charge in [0, 0.05) is 23.9 Å². The third-order valence-electron chi connectivity index (χ3n) is 5.47. The van der Waals surface area contributed by atoms with Gasteiger partial charge in [0.15, 0.2) is 0 Å². The van der Waals surface area contributed by atoms with Crippen LogP contribution in [0.4, 0.5) is 24.5 Å². The molecule has 3 aromatic rings. The monoisotopic (exact) mass is 542 g/mol. The van der Waals surface area contributed by atoms with Crippen molar-refractivity contribution in [2.75, 3.05) is 24.7 Å². The van der Waals surface area contributed by atoms with Crippen LogP contribution >= 0.6 is 0 Å². The fourth-order valence-electron chi connectivity index (χ4n) is 3.45. The minimum atomic E-state index is -4.22. The first-order valence-corrected chi connectivity index (χ1v) is 12.2. The van der Waals surface area contributed by atoms with Gasteiger partial charge in [0.25, 0.3) is 0 Å². The molecule has 0 atom stereocenters. The molecular weight excluding hydrogens is 513 g/mol. The summed E-state index contributed by atoms with van der Waals surface area (Å²) in [4.78, 5) is 24.3. The minimum Gasteiger partial charge on any atom is -0.494 e. The summed E-state index contributed by atoms with van der Waals surface area (Å²) in [6.07, 6.45) is -1.12. The number of alkyl halides is 3. The number of anilines is 2. The van der Waals surface area contributed by atoms with Crippen molar-refractivity contribution in [3.63, 3.8) is 0 Å². The zero-order valence-corrected chi connectivity index (χ0v) is 21.1. The number of carbonyl (C=O) groups excluding carboxylic acids is 2. The van der Waals surface area contributed by atoms with E-state index in [4.69, 9.17) is 25.7 Å². The van der Waals surface area contributed by atoms with Crippen molar-refractivity contribution in [1.82, 2.24) is 0 Å². The molecule has 0 saturated carbocycles. The van der Waals surface area contributed by atoms with Crippen molar-refractivity contribution in [3.8, 4) is 11.5 Å². The molecule has 0 amide bonds. The SMILES string of the molecule is Nc1ccc(CCCOC(=O)C=Cc2ccc(OC(=O)c3ccc(OCCCC(F)(F)F)cc3)cc2)c(N)c1. The molecule has 10 heteroatoms. The number of carbonyl (C=O) groups is 2. The highest BCUT2D eigenvalue weighted by atomic mass is 19.4. The van der Waals surface area contributed by atoms with Gasteiger partial charge < -0.3 is 25.7 Å². The molecule has 3 aromatic carbocycles. The van der Waals surface area contributed by atoms with E-state index < -0.39 is 24.5 Å². The second-order valence-electron chi connectivity index (χ2n) is 8.61. The third-order valence-corrected chi connectivity index (χ3v) is 5.47. The Bertz CT molecular complexity index is 1270. The van der Waals surface area contributed by atoms with Crippen LogP contribution in [0.3, 0.4) is 0 Å². The lowest BCUT2D eigenvalue weighted by molar-refractivity contribution is -0.138. The number of hydrogen-bond acceptors (Lipinski definition) is 7. The molecule has 0 unspecified atom stereocenters. The lowest BCUT2D eigenvalue weighted by Crippen LogP contribution is -2.10. The van der Waals surface area contributed by atoms with E-state index in [1.807, 2.05) is 6.07 Å². The molecule has 0 heterocycles. The Labute approximate surface area is 224 Å². The van der Waals surface area contributed by atoms with Crippen LogP contribution in [0.1, 0.15) is 40.7 Å². The molecule has 0 saturated heterocycles. The number of benzene rings is 3. The van der Waals surface area contributed by atoms with Gasteiger partial charge in [-0.3, -0.25) is 0 Å². The summed E-state index contributed by atoms with van der Waals surface area (Å²) in [5, 5.41) is 0. The number of nitrogen functional groups attached to an aromatic ring is 2. The van der Waals surface area contributed by atoms with Crippen LogP contribution < -0.4 is 20.9 Å². The number of rotatable bonds is 12. The molecule has 0 fully saturated rings. The molecule has 4 N–H and O–H groups in total. The highest BCUT2D eigenvalue weighted by Crippen LogP contribution is 2.22. The van der Waals surface area contributed by atoms with Crippen LogP contribution in [0.15, 0.2) is 72.8 Å². The zero-order chi connectivity index (χ0) is 28.3. The Kier molecular flexibility index (Phi) is 10.4. The first-order valence-electron chi connectivity index (χ1n) is 12.2. The number of ether oxygens (including phenoxy) is 3. The van der Waals surface area contributed by atoms with Crippen molar-refractivity contribution in [1.29, 1.82) is 0 Å². The Morgan fingerprint density at radius 2 is 1.54 bits per heavy atom. The predicted molar refractivity (Wildman–Crippen MR) is 142 cm³/mol. The van der Waals surface area contributed by atoms with E-state index >= 15 is 0 Å². The van der Waals surface area contributed by atoms with Gasteiger partial charge in [-0.15, -0.1) is 0 Å². The highest BCUT2D eigenvalue weighted by Gasteiger charge is 2.26. The van der Waals surface area contributed by atoms with E-state index in [9.17, 15) is 22.8 Å². The largest absolute Gasteiger partial charge is 0.494 e. The molecule has 0 aliphatic rings. The molecule has 206 valence electrons. The van der Waals surface area contributed by atoms with E-state index in [0.29, 0.717) is 41.3 Å². The maximum Gasteiger partial charge on any atom is 0.389 e. The van der Waals surface area contributed by atoms with Crippen molar-refractivity contribution in [2.24, 2.45) is 0 Å². The van der Waals surface area contributed by atoms with E-state index in [1.165, 1.54) is 30.3 Å². The maximum atomic E-state index is 12.4. The summed E-state index contributed by atoms with van der Waals surface area (Å²) in [5.74, 6) is -0.432. The normalized spacial score (nSPS) is 11.4. The molecule has 0 radical (unpaired) electrons. The topological polar surface area (TPSA) is 114 Å². The number of halogens is 3. The van der Waals surface area contributed by atoms with Crippen LogP contribution in [0.5, 0.6) is 11.5 Å². The third kappa shape index (κ3) is 10.4. The average molecular weight is 543 g/mol. The molecule has 3 rings (SSSR count). The van der Waals surface area contributed by atoms with Gasteiger partial charge in [-0.1, -0.05) is 18.2 Å². The summed E-state index contributed by atoms with van der Waals surface area (Å²) in [6, 6.07) is 17.8. The number of hydrogen-bond donors (Lipinski definition) is 2. The molecule has 7 nitrogen and oxygen atoms in total. The maximum absolute atomic E-state index is 12.4. The lowest BCUT2D eigenvalue weighted by Gasteiger charge is -2.09. The summed E-state index contributed by atoms with van der Waals surface area (Å²) in [7, 11) is 0. The fourth-order valence-corrected chi connectivity index (χ4v) is 3.45. The number of esters is 2. The summed E-state index contributed by atoms with van der Waals surface area (Å²) < 4.78 is 52.3. The first kappa shape index (κ1) is 29.1. The number of aryl methyl sites for hydroxylation is 1. The van der Waals surface area contributed by atoms with Gasteiger partial charge in [0.2, 0.25) is 0 Å². The van der Waals surface area contributed by atoms with Crippen LogP contribution in [-0.2, 0) is 16.0 Å². The molecular formula is C29H29F3N2O5. The van der Waals surface area contributed by atoms with Crippen LogP contribution in [-0.4, -0.2) is 31.3 Å². The Morgan fingerprint density at radius 1 is 0.846 bits per heavy atom. The summed E-state index contributed by atoms with van der Waals surface area (Å²) in [5.41, 5.74) is 14.7. The minimum absolute atomic E-state index is 0.0815. The molecule has 0 aromatic heterocycles. The van der Waals surface area contributed by atoms with E-state index in [-0.39, 0.29) is 25.2 Å². The lowest BCUT2D eigenvalue weighted by atomic mass is 10.1. The van der Waals surface area contributed by atoms with E-state index in [2.05, 4.69) is 0 Å². The summed E-state index contributed by atoms with van der Waals surface area (Å²) in [6.45, 7) is 0.162. The predicted octanol–water partition coefficient (Wildman–Crippen LogP) is 5.98. The average Bonchev–Trinajstić information content (AvgIpc) is 2.89. The molecule has 0 spiro atoms. The standard InChI is InChI=1S/C29H29F3N2O5/c30-29(31,32)16-2-18-37-24-13-8-22(9-14-24)28(36)39-25-11-4-20(5-12-25)6-15-27(35)38-17-1-3-21-7-10-23(33)19-26(21)34/h4-15,19H,1-3,16-18,33-34H2. The van der Waals surface area contributed by atoms with Crippen molar-refractivity contribution in [3.05, 3.63) is 89.5 Å². The Hall–Kier alpha value is -4.47. The molecule has 0 aliphatic heterocycles. The fraction of sp³-hybridized carbons (Fsp3) is 0.241. The van der Waals surface area contributed by atoms with Gasteiger partial charge in [0.1, 0.15) is 11.5 Å². The van der Waals surface area contributed by atoms with Gasteiger partial charge in [-0.25, -0.2) is 9.59 Å². The summed E-state index contributed by atoms with van der Waals surface area (Å²) >= 11 is 0. The Morgan fingerprint density at radius 3 is 2.21 bits per heavy atom. The van der Waals surface area contributed by atoms with Crippen LogP contribution in [0.25, 0.3) is 6.08 Å². The molecule has 0 bridgehead atoms. The second-order valence-corrected chi connectivity index (χ2v) is 8.61. The van der Waals surface area contributed by atoms with Gasteiger partial charge in [0.05, 0.1) is 18.8 Å². The van der Waals surface area contributed by atoms with Gasteiger partial charge in [-0.2, -0.15) is 13.2 Å². The van der Waals surface area contributed by atoms with Crippen LogP contribution in [0, 0.1) is 0 Å². The van der Waals surface area contributed by atoms with Crippen molar-refractivity contribution < 1.29 is 37.0 Å². The smallest absolute Gasteiger partial charge is 0.389 e. The van der Waals surface area contributed by atoms with E-state index in [1.54, 1.807) is 42.5 Å². The quantitative estimate of drug-likeness (QED) is 0.0951. The van der Waals surface area contributed by atoms with Gasteiger partial charge >= 0.3 is 18.1 Å². The van der Waals surface area contributed by atoms with Crippen molar-refractivity contribution in [2.45, 2.75) is 31.9 Å². The first-order chi connectivity index (χ1) is 18.6. The Balaban J connectivity index is 1.39. The van der Waals surface area contributed by atoms with Gasteiger partial charge in [-0.05, 0) is 85.0 Å². The van der Waals surface area contributed by atoms with Crippen molar-refractivity contribution >= 4 is 29.4 Å². The number of nitrogens with two attached hydrogens (primary N) is 2. The molecule has 0 aliphatic carbocycles. The zero-order valence-electron chi connectivity index (χ0n) is 21.1. The molecule has 39 heavy (non-hydrogen) atoms. The second kappa shape index (κ2) is 13.9. The highest BCUT2D eigenvalue weighted by molar-refractivity contribution is 5.91. The van der Waals surface area contributed by atoms with E-state index in [0.717, 1.165) is 5.56 Å².